The van der Waals surface area contributed by atoms with Crippen molar-refractivity contribution in [3.05, 3.63) is 83.4 Å². The third-order valence-electron chi connectivity index (χ3n) is 8.75. The molecule has 2 aromatic carbocycles. The summed E-state index contributed by atoms with van der Waals surface area (Å²) in [5.74, 6) is -0.481. The number of hydrogen-bond acceptors (Lipinski definition) is 7. The van der Waals surface area contributed by atoms with Crippen molar-refractivity contribution in [1.82, 2.24) is 9.55 Å². The zero-order valence-electron chi connectivity index (χ0n) is 23.7. The van der Waals surface area contributed by atoms with Gasteiger partial charge >= 0.3 is 5.69 Å². The van der Waals surface area contributed by atoms with Gasteiger partial charge in [-0.25, -0.2) is 4.79 Å². The van der Waals surface area contributed by atoms with Crippen LogP contribution in [0.15, 0.2) is 77.7 Å². The van der Waals surface area contributed by atoms with E-state index in [4.69, 9.17) is 24.4 Å². The van der Waals surface area contributed by atoms with Gasteiger partial charge < -0.3 is 24.4 Å². The Hall–Kier alpha value is -2.82. The van der Waals surface area contributed by atoms with Crippen molar-refractivity contribution in [2.75, 3.05) is 12.3 Å². The quantitative estimate of drug-likeness (QED) is 0.458. The predicted molar refractivity (Wildman–Crippen MR) is 156 cm³/mol. The van der Waals surface area contributed by atoms with Crippen LogP contribution in [-0.4, -0.2) is 48.1 Å². The first-order valence-electron chi connectivity index (χ1n) is 14.2. The Kier molecular flexibility index (Phi) is 6.78. The molecule has 1 aliphatic carbocycles. The number of aromatic nitrogens is 2. The highest BCUT2D eigenvalue weighted by Gasteiger charge is 2.65. The summed E-state index contributed by atoms with van der Waals surface area (Å²) in [5, 5.41) is 2.19. The molecular weight excluding hydrogens is 522 g/mol. The van der Waals surface area contributed by atoms with Gasteiger partial charge in [0.05, 0.1) is 6.61 Å². The Morgan fingerprint density at radius 2 is 1.57 bits per heavy atom. The highest BCUT2D eigenvalue weighted by molar-refractivity contribution is 6.99. The summed E-state index contributed by atoms with van der Waals surface area (Å²) in [6.45, 7) is 9.06. The topological polar surface area (TPSA) is 97.8 Å². The van der Waals surface area contributed by atoms with Gasteiger partial charge in [-0.05, 0) is 41.2 Å². The Labute approximate surface area is 236 Å². The number of hydrogen-bond donors (Lipinski definition) is 1. The maximum atomic E-state index is 12.9. The standard InChI is InChI=1S/C31H39N3O5Si/c1-29(2,3)40(22-13-7-5-8-14-22,23-15-9-6-10-16-23)36-21-30(4)26-25(37-31(38-26)18-11-12-19-31)27(39-30)34-20-17-24(32)33-28(34)35/h5-10,13-17,20,25-27H,11-12,18-19,21H2,1-4H3,(H2,32,33,35)/t25-,26+,27-,30-/m1/s1. The van der Waals surface area contributed by atoms with Crippen LogP contribution in [0, 0.1) is 0 Å². The van der Waals surface area contributed by atoms with Gasteiger partial charge in [0.15, 0.2) is 12.0 Å². The minimum absolute atomic E-state index is 0.171. The number of anilines is 1. The summed E-state index contributed by atoms with van der Waals surface area (Å²) in [5.41, 5.74) is 4.44. The summed E-state index contributed by atoms with van der Waals surface area (Å²) in [4.78, 5) is 16.9. The second-order valence-electron chi connectivity index (χ2n) is 12.6. The maximum absolute atomic E-state index is 12.9. The summed E-state index contributed by atoms with van der Waals surface area (Å²) in [6, 6.07) is 22.7. The van der Waals surface area contributed by atoms with Crippen molar-refractivity contribution in [3.63, 3.8) is 0 Å². The molecule has 4 atom stereocenters. The van der Waals surface area contributed by atoms with E-state index >= 15 is 0 Å². The average molecular weight is 562 g/mol. The molecule has 0 bridgehead atoms. The molecule has 1 saturated carbocycles. The molecule has 1 aromatic heterocycles. The lowest BCUT2D eigenvalue weighted by atomic mass is 9.98. The molecule has 3 aromatic rings. The number of fused-ring (bicyclic) bond motifs is 1. The van der Waals surface area contributed by atoms with Crippen molar-refractivity contribution >= 4 is 24.5 Å². The van der Waals surface area contributed by atoms with E-state index < -0.39 is 43.8 Å². The third-order valence-corrected chi connectivity index (χ3v) is 13.7. The van der Waals surface area contributed by atoms with E-state index in [0.717, 1.165) is 25.7 Å². The molecule has 3 fully saturated rings. The van der Waals surface area contributed by atoms with Crippen molar-refractivity contribution in [2.45, 2.75) is 88.2 Å². The average Bonchev–Trinajstić information content (AvgIpc) is 3.61. The highest BCUT2D eigenvalue weighted by Crippen LogP contribution is 2.53. The lowest BCUT2D eigenvalue weighted by Gasteiger charge is -2.45. The van der Waals surface area contributed by atoms with Gasteiger partial charge in [-0.15, -0.1) is 0 Å². The van der Waals surface area contributed by atoms with Gasteiger partial charge in [0.1, 0.15) is 23.6 Å². The van der Waals surface area contributed by atoms with E-state index in [1.165, 1.54) is 14.9 Å². The maximum Gasteiger partial charge on any atom is 0.351 e. The molecule has 2 saturated heterocycles. The largest absolute Gasteiger partial charge is 0.404 e. The lowest BCUT2D eigenvalue weighted by Crippen LogP contribution is -2.68. The monoisotopic (exact) mass is 561 g/mol. The van der Waals surface area contributed by atoms with E-state index in [1.54, 1.807) is 12.3 Å². The molecule has 9 heteroatoms. The van der Waals surface area contributed by atoms with Crippen LogP contribution in [0.25, 0.3) is 0 Å². The number of ether oxygens (including phenoxy) is 3. The first-order valence-corrected chi connectivity index (χ1v) is 16.1. The zero-order chi connectivity index (χ0) is 28.2. The van der Waals surface area contributed by atoms with Crippen LogP contribution < -0.4 is 21.8 Å². The third kappa shape index (κ3) is 4.44. The van der Waals surface area contributed by atoms with E-state index in [0.29, 0.717) is 0 Å². The minimum atomic E-state index is -2.84. The van der Waals surface area contributed by atoms with E-state index in [-0.39, 0.29) is 17.5 Å². The summed E-state index contributed by atoms with van der Waals surface area (Å²) >= 11 is 0. The van der Waals surface area contributed by atoms with Crippen LogP contribution in [0.1, 0.15) is 59.6 Å². The van der Waals surface area contributed by atoms with Gasteiger partial charge in [-0.1, -0.05) is 81.4 Å². The molecule has 0 radical (unpaired) electrons. The van der Waals surface area contributed by atoms with Gasteiger partial charge in [-0.3, -0.25) is 4.57 Å². The summed E-state index contributed by atoms with van der Waals surface area (Å²) < 4.78 is 28.9. The number of nitrogen functional groups attached to an aromatic ring is 1. The molecule has 3 heterocycles. The van der Waals surface area contributed by atoms with E-state index in [2.05, 4.69) is 74.3 Å². The Balaban J connectivity index is 1.41. The normalized spacial score (nSPS) is 27.8. The highest BCUT2D eigenvalue weighted by atomic mass is 28.4. The lowest BCUT2D eigenvalue weighted by molar-refractivity contribution is -0.235. The molecule has 6 rings (SSSR count). The Morgan fingerprint density at radius 1 is 0.975 bits per heavy atom. The number of benzene rings is 2. The summed E-state index contributed by atoms with van der Waals surface area (Å²) in [6.07, 6.45) is 3.77. The van der Waals surface area contributed by atoms with Crippen molar-refractivity contribution in [2.24, 2.45) is 0 Å². The molecule has 2 aliphatic heterocycles. The molecular formula is C31H39N3O5Si. The molecule has 8 nitrogen and oxygen atoms in total. The van der Waals surface area contributed by atoms with Gasteiger partial charge in [0, 0.05) is 19.0 Å². The first kappa shape index (κ1) is 27.4. The fourth-order valence-electron chi connectivity index (χ4n) is 6.84. The summed E-state index contributed by atoms with van der Waals surface area (Å²) in [7, 11) is -2.84. The van der Waals surface area contributed by atoms with Crippen LogP contribution in [0.2, 0.25) is 5.04 Å². The molecule has 1 spiro atoms. The zero-order valence-corrected chi connectivity index (χ0v) is 24.7. The number of nitrogens with zero attached hydrogens (tertiary/aromatic N) is 2. The van der Waals surface area contributed by atoms with Crippen LogP contribution >= 0.6 is 0 Å². The molecule has 40 heavy (non-hydrogen) atoms. The second-order valence-corrected chi connectivity index (χ2v) is 16.9. The fraction of sp³-hybridized carbons (Fsp3) is 0.484. The molecule has 0 unspecified atom stereocenters. The molecule has 2 N–H and O–H groups in total. The van der Waals surface area contributed by atoms with Gasteiger partial charge in [0.25, 0.3) is 8.32 Å². The van der Waals surface area contributed by atoms with Crippen molar-refractivity contribution in [1.29, 1.82) is 0 Å². The smallest absolute Gasteiger partial charge is 0.351 e. The molecule has 0 amide bonds. The molecule has 212 valence electrons. The van der Waals surface area contributed by atoms with Crippen molar-refractivity contribution in [3.8, 4) is 0 Å². The van der Waals surface area contributed by atoms with Crippen LogP contribution in [0.3, 0.4) is 0 Å². The SMILES string of the molecule is CC(C)(C)[Si](OC[C@@]1(C)O[C@@H](n2ccc(N)nc2=O)[C@@H]2OC3(CCCC3)O[C@@H]21)(c1ccccc1)c1ccccc1. The van der Waals surface area contributed by atoms with Crippen LogP contribution in [-0.2, 0) is 18.6 Å². The van der Waals surface area contributed by atoms with Gasteiger partial charge in [-0.2, -0.15) is 4.98 Å². The first-order chi connectivity index (χ1) is 19.1. The van der Waals surface area contributed by atoms with Crippen LogP contribution in [0.5, 0.6) is 0 Å². The Morgan fingerprint density at radius 3 is 2.12 bits per heavy atom. The predicted octanol–water partition coefficient (Wildman–Crippen LogP) is 3.74. The van der Waals surface area contributed by atoms with E-state index in [9.17, 15) is 4.79 Å². The molecule has 3 aliphatic rings. The van der Waals surface area contributed by atoms with Crippen LogP contribution in [0.4, 0.5) is 5.82 Å². The Bertz CT molecular complexity index is 1360. The second kappa shape index (κ2) is 9.92. The number of nitrogens with two attached hydrogens (primary N) is 1. The minimum Gasteiger partial charge on any atom is -0.404 e. The van der Waals surface area contributed by atoms with Gasteiger partial charge in [0.2, 0.25) is 0 Å². The van der Waals surface area contributed by atoms with Crippen molar-refractivity contribution < 1.29 is 18.6 Å². The number of rotatable bonds is 6. The fourth-order valence-corrected chi connectivity index (χ4v) is 11.5. The van der Waals surface area contributed by atoms with E-state index in [1.807, 2.05) is 19.1 Å².